The SMILES string of the molecule is CC(=O)Nc1sc2c(c1C(=O)OCC(=O)N1c3ccccc3CC1C)CCCC2. The standard InChI is InChI=1S/C22H24N2O4S/c1-13-11-15-7-3-5-9-17(15)24(13)19(26)12-28-22(27)20-16-8-4-6-10-18(16)29-21(20)23-14(2)25/h3,5,7,9,13H,4,6,8,10-12H2,1-2H3,(H,23,25). The number of nitrogens with one attached hydrogen (secondary N) is 1. The Labute approximate surface area is 173 Å². The van der Waals surface area contributed by atoms with Gasteiger partial charge in [0.25, 0.3) is 5.91 Å². The summed E-state index contributed by atoms with van der Waals surface area (Å²) in [5, 5.41) is 3.29. The Morgan fingerprint density at radius 3 is 2.76 bits per heavy atom. The lowest BCUT2D eigenvalue weighted by Crippen LogP contribution is -2.38. The van der Waals surface area contributed by atoms with Crippen LogP contribution < -0.4 is 10.2 Å². The fourth-order valence-corrected chi connectivity index (χ4v) is 5.57. The van der Waals surface area contributed by atoms with Crippen LogP contribution in [0.4, 0.5) is 10.7 Å². The molecule has 0 spiro atoms. The number of carbonyl (C=O) groups excluding carboxylic acids is 3. The number of rotatable bonds is 4. The molecule has 0 fully saturated rings. The second-order valence-corrected chi connectivity index (χ2v) is 8.72. The van der Waals surface area contributed by atoms with Gasteiger partial charge in [0.15, 0.2) is 6.61 Å². The van der Waals surface area contributed by atoms with E-state index in [2.05, 4.69) is 5.32 Å². The molecular formula is C22H24N2O4S. The van der Waals surface area contributed by atoms with Crippen molar-refractivity contribution in [2.24, 2.45) is 0 Å². The minimum absolute atomic E-state index is 0.0300. The number of amides is 2. The predicted octanol–water partition coefficient (Wildman–Crippen LogP) is 3.72. The zero-order chi connectivity index (χ0) is 20.5. The smallest absolute Gasteiger partial charge is 0.341 e. The topological polar surface area (TPSA) is 75.7 Å². The summed E-state index contributed by atoms with van der Waals surface area (Å²) in [4.78, 5) is 40.1. The van der Waals surface area contributed by atoms with Crippen molar-refractivity contribution in [2.75, 3.05) is 16.8 Å². The van der Waals surface area contributed by atoms with Gasteiger partial charge in [-0.25, -0.2) is 4.79 Å². The van der Waals surface area contributed by atoms with Crippen molar-refractivity contribution in [3.8, 4) is 0 Å². The first kappa shape index (κ1) is 19.6. The predicted molar refractivity (Wildman–Crippen MR) is 113 cm³/mol. The third kappa shape index (κ3) is 3.79. The highest BCUT2D eigenvalue weighted by Gasteiger charge is 2.32. The Hall–Kier alpha value is -2.67. The molecule has 1 aliphatic carbocycles. The van der Waals surface area contributed by atoms with E-state index in [1.807, 2.05) is 31.2 Å². The molecule has 1 unspecified atom stereocenters. The summed E-state index contributed by atoms with van der Waals surface area (Å²) in [6.45, 7) is 3.09. The summed E-state index contributed by atoms with van der Waals surface area (Å²) in [7, 11) is 0. The highest BCUT2D eigenvalue weighted by molar-refractivity contribution is 7.17. The summed E-state index contributed by atoms with van der Waals surface area (Å²) in [5.74, 6) is -1.00. The van der Waals surface area contributed by atoms with Gasteiger partial charge in [-0.15, -0.1) is 11.3 Å². The third-order valence-electron chi connectivity index (χ3n) is 5.47. The number of benzene rings is 1. The van der Waals surface area contributed by atoms with Crippen molar-refractivity contribution in [3.63, 3.8) is 0 Å². The summed E-state index contributed by atoms with van der Waals surface area (Å²) < 4.78 is 5.44. The summed E-state index contributed by atoms with van der Waals surface area (Å²) in [6, 6.07) is 7.83. The molecule has 0 bridgehead atoms. The van der Waals surface area contributed by atoms with Crippen LogP contribution in [0.1, 0.15) is 53.1 Å². The Bertz CT molecular complexity index is 981. The lowest BCUT2D eigenvalue weighted by atomic mass is 9.95. The van der Waals surface area contributed by atoms with Gasteiger partial charge < -0.3 is 15.0 Å². The molecule has 2 aliphatic rings. The Morgan fingerprint density at radius 2 is 1.97 bits per heavy atom. The number of hydrogen-bond acceptors (Lipinski definition) is 5. The van der Waals surface area contributed by atoms with Gasteiger partial charge in [-0.1, -0.05) is 18.2 Å². The Morgan fingerprint density at radius 1 is 1.21 bits per heavy atom. The van der Waals surface area contributed by atoms with Crippen LogP contribution >= 0.6 is 11.3 Å². The highest BCUT2D eigenvalue weighted by atomic mass is 32.1. The van der Waals surface area contributed by atoms with Crippen LogP contribution in [0.15, 0.2) is 24.3 Å². The van der Waals surface area contributed by atoms with Gasteiger partial charge in [0.2, 0.25) is 5.91 Å². The molecule has 152 valence electrons. The minimum Gasteiger partial charge on any atom is -0.452 e. The van der Waals surface area contributed by atoms with E-state index in [-0.39, 0.29) is 24.5 Å². The first-order valence-corrected chi connectivity index (χ1v) is 10.8. The lowest BCUT2D eigenvalue weighted by molar-refractivity contribution is -0.122. The zero-order valence-electron chi connectivity index (χ0n) is 16.6. The van der Waals surface area contributed by atoms with Crippen LogP contribution in [-0.4, -0.2) is 30.4 Å². The van der Waals surface area contributed by atoms with E-state index in [1.54, 1.807) is 4.90 Å². The monoisotopic (exact) mass is 412 g/mol. The van der Waals surface area contributed by atoms with Crippen molar-refractivity contribution in [1.29, 1.82) is 0 Å². The molecule has 1 aliphatic heterocycles. The molecule has 2 amide bonds. The van der Waals surface area contributed by atoms with E-state index in [0.717, 1.165) is 53.8 Å². The minimum atomic E-state index is -0.540. The van der Waals surface area contributed by atoms with E-state index in [1.165, 1.54) is 18.3 Å². The maximum absolute atomic E-state index is 12.9. The molecule has 1 aromatic carbocycles. The van der Waals surface area contributed by atoms with Crippen molar-refractivity contribution in [1.82, 2.24) is 0 Å². The number of anilines is 2. The molecule has 0 saturated carbocycles. The quantitative estimate of drug-likeness (QED) is 0.777. The fraction of sp³-hybridized carbons (Fsp3) is 0.409. The molecule has 0 saturated heterocycles. The number of para-hydroxylation sites is 1. The van der Waals surface area contributed by atoms with Crippen LogP contribution in [0.2, 0.25) is 0 Å². The van der Waals surface area contributed by atoms with Crippen molar-refractivity contribution in [3.05, 3.63) is 45.8 Å². The highest BCUT2D eigenvalue weighted by Crippen LogP contribution is 2.38. The van der Waals surface area contributed by atoms with Crippen LogP contribution in [0.5, 0.6) is 0 Å². The number of carbonyl (C=O) groups is 3. The van der Waals surface area contributed by atoms with E-state index in [9.17, 15) is 14.4 Å². The second kappa shape index (κ2) is 7.99. The van der Waals surface area contributed by atoms with Gasteiger partial charge in [-0.2, -0.15) is 0 Å². The molecule has 4 rings (SSSR count). The van der Waals surface area contributed by atoms with Gasteiger partial charge in [-0.05, 0) is 56.2 Å². The van der Waals surface area contributed by atoms with Crippen LogP contribution in [0, 0.1) is 0 Å². The normalized spacial score (nSPS) is 17.4. The molecule has 2 heterocycles. The van der Waals surface area contributed by atoms with Crippen LogP contribution in [-0.2, 0) is 33.6 Å². The lowest BCUT2D eigenvalue weighted by Gasteiger charge is -2.22. The molecule has 0 radical (unpaired) electrons. The number of hydrogen-bond donors (Lipinski definition) is 1. The van der Waals surface area contributed by atoms with Crippen LogP contribution in [0.3, 0.4) is 0 Å². The van der Waals surface area contributed by atoms with Gasteiger partial charge in [0.05, 0.1) is 5.56 Å². The Balaban J connectivity index is 1.51. The van der Waals surface area contributed by atoms with Crippen molar-refractivity contribution >= 4 is 39.8 Å². The first-order chi connectivity index (χ1) is 14.0. The molecule has 29 heavy (non-hydrogen) atoms. The summed E-state index contributed by atoms with van der Waals surface area (Å²) in [5.41, 5.74) is 3.39. The van der Waals surface area contributed by atoms with Crippen molar-refractivity contribution < 1.29 is 19.1 Å². The average molecular weight is 413 g/mol. The number of esters is 1. The van der Waals surface area contributed by atoms with E-state index in [4.69, 9.17) is 4.74 Å². The maximum atomic E-state index is 12.9. The number of fused-ring (bicyclic) bond motifs is 2. The van der Waals surface area contributed by atoms with E-state index < -0.39 is 5.97 Å². The van der Waals surface area contributed by atoms with Gasteiger partial charge in [0.1, 0.15) is 5.00 Å². The van der Waals surface area contributed by atoms with Gasteiger partial charge >= 0.3 is 5.97 Å². The molecule has 7 heteroatoms. The third-order valence-corrected chi connectivity index (χ3v) is 6.67. The molecule has 2 aromatic rings. The first-order valence-electron chi connectivity index (χ1n) is 9.95. The van der Waals surface area contributed by atoms with Gasteiger partial charge in [-0.3, -0.25) is 9.59 Å². The fourth-order valence-electron chi connectivity index (χ4n) is 4.24. The zero-order valence-corrected chi connectivity index (χ0v) is 17.4. The largest absolute Gasteiger partial charge is 0.452 e. The number of nitrogens with zero attached hydrogens (tertiary/aromatic N) is 1. The Kier molecular flexibility index (Phi) is 5.41. The number of thiophene rings is 1. The van der Waals surface area contributed by atoms with E-state index >= 15 is 0 Å². The molecular weight excluding hydrogens is 388 g/mol. The number of ether oxygens (including phenoxy) is 1. The average Bonchev–Trinajstić information content (AvgIpc) is 3.21. The second-order valence-electron chi connectivity index (χ2n) is 7.62. The number of aryl methyl sites for hydroxylation is 1. The maximum Gasteiger partial charge on any atom is 0.341 e. The van der Waals surface area contributed by atoms with Crippen molar-refractivity contribution in [2.45, 2.75) is 52.0 Å². The summed E-state index contributed by atoms with van der Waals surface area (Å²) in [6.07, 6.45) is 4.57. The molecule has 1 atom stereocenters. The van der Waals surface area contributed by atoms with Gasteiger partial charge in [0, 0.05) is 23.5 Å². The summed E-state index contributed by atoms with van der Waals surface area (Å²) >= 11 is 1.44. The molecule has 6 nitrogen and oxygen atoms in total. The molecule has 1 aromatic heterocycles. The van der Waals surface area contributed by atoms with E-state index in [0.29, 0.717) is 10.6 Å². The molecule has 1 N–H and O–H groups in total. The van der Waals surface area contributed by atoms with Crippen LogP contribution in [0.25, 0.3) is 0 Å².